The van der Waals surface area contributed by atoms with E-state index in [1.165, 1.54) is 23.1 Å². The molecule has 0 radical (unpaired) electrons. The summed E-state index contributed by atoms with van der Waals surface area (Å²) >= 11 is 2.94. The highest BCUT2D eigenvalue weighted by molar-refractivity contribution is 7.99. The van der Waals surface area contributed by atoms with Crippen molar-refractivity contribution in [3.63, 3.8) is 0 Å². The molecule has 152 valence electrons. The van der Waals surface area contributed by atoms with E-state index in [1.807, 2.05) is 6.92 Å². The number of ether oxygens (including phenoxy) is 1. The van der Waals surface area contributed by atoms with Gasteiger partial charge in [0.05, 0.1) is 12.2 Å². The van der Waals surface area contributed by atoms with Crippen LogP contribution < -0.4 is 11.1 Å². The van der Waals surface area contributed by atoms with E-state index in [2.05, 4.69) is 15.5 Å². The van der Waals surface area contributed by atoms with Crippen molar-refractivity contribution in [1.82, 2.24) is 14.8 Å². The Morgan fingerprint density at radius 3 is 2.79 bits per heavy atom. The van der Waals surface area contributed by atoms with Crippen LogP contribution in [0.4, 0.5) is 10.9 Å². The van der Waals surface area contributed by atoms with Gasteiger partial charge in [0, 0.05) is 4.88 Å². The second-order valence-corrected chi connectivity index (χ2v) is 8.78. The number of aromatic nitrogens is 3. The third-order valence-corrected chi connectivity index (χ3v) is 6.65. The van der Waals surface area contributed by atoms with Crippen LogP contribution in [-0.2, 0) is 22.4 Å². The third-order valence-electron chi connectivity index (χ3n) is 4.62. The molecule has 1 unspecified atom stereocenters. The summed E-state index contributed by atoms with van der Waals surface area (Å²) in [5, 5.41) is 12.0. The summed E-state index contributed by atoms with van der Waals surface area (Å²) in [6.07, 6.45) is 3.89. The van der Waals surface area contributed by atoms with Crippen molar-refractivity contribution in [1.29, 1.82) is 0 Å². The number of nitrogens with zero attached hydrogens (tertiary/aromatic N) is 3. The van der Waals surface area contributed by atoms with E-state index in [0.717, 1.165) is 41.9 Å². The molecule has 1 aliphatic rings. The monoisotopic (exact) mass is 423 g/mol. The molecule has 0 aliphatic heterocycles. The quantitative estimate of drug-likeness (QED) is 0.519. The number of fused-ring (bicyclic) bond motifs is 1. The number of nitrogens with one attached hydrogen (secondary N) is 1. The number of hydrogen-bond acceptors (Lipinski definition) is 8. The summed E-state index contributed by atoms with van der Waals surface area (Å²) in [5.74, 6) is 0.330. The SMILES string of the molecule is CCOC(=O)c1c(NC(=O)C(C)n2c(N)nnc2SCC)sc2c1CCCC2. The minimum atomic E-state index is -0.613. The highest BCUT2D eigenvalue weighted by atomic mass is 32.2. The summed E-state index contributed by atoms with van der Waals surface area (Å²) < 4.78 is 6.86. The maximum Gasteiger partial charge on any atom is 0.341 e. The highest BCUT2D eigenvalue weighted by Crippen LogP contribution is 2.39. The molecule has 1 aliphatic carbocycles. The summed E-state index contributed by atoms with van der Waals surface area (Å²) in [6, 6.07) is -0.613. The molecule has 2 aromatic heterocycles. The van der Waals surface area contributed by atoms with E-state index in [-0.39, 0.29) is 17.8 Å². The predicted molar refractivity (Wildman–Crippen MR) is 111 cm³/mol. The van der Waals surface area contributed by atoms with Gasteiger partial charge in [0.1, 0.15) is 11.0 Å². The number of nitrogen functional groups attached to an aromatic ring is 1. The first-order valence-corrected chi connectivity index (χ1v) is 11.2. The second-order valence-electron chi connectivity index (χ2n) is 6.44. The first kappa shape index (κ1) is 20.7. The van der Waals surface area contributed by atoms with Gasteiger partial charge >= 0.3 is 5.97 Å². The number of thioether (sulfide) groups is 1. The smallest absolute Gasteiger partial charge is 0.341 e. The van der Waals surface area contributed by atoms with Gasteiger partial charge in [-0.15, -0.1) is 21.5 Å². The zero-order chi connectivity index (χ0) is 20.3. The fourth-order valence-electron chi connectivity index (χ4n) is 3.29. The number of esters is 1. The summed E-state index contributed by atoms with van der Waals surface area (Å²) in [4.78, 5) is 26.7. The molecule has 0 bridgehead atoms. The molecular weight excluding hydrogens is 398 g/mol. The molecule has 2 heterocycles. The number of thiophene rings is 1. The van der Waals surface area contributed by atoms with Crippen LogP contribution in [0.1, 0.15) is 60.5 Å². The van der Waals surface area contributed by atoms with Gasteiger partial charge in [0.2, 0.25) is 11.9 Å². The predicted octanol–water partition coefficient (Wildman–Crippen LogP) is 3.29. The molecular formula is C18H25N5O3S2. The van der Waals surface area contributed by atoms with Gasteiger partial charge in [-0.1, -0.05) is 18.7 Å². The molecule has 1 amide bonds. The van der Waals surface area contributed by atoms with Gasteiger partial charge in [-0.2, -0.15) is 0 Å². The Morgan fingerprint density at radius 2 is 2.07 bits per heavy atom. The maximum atomic E-state index is 13.0. The minimum absolute atomic E-state index is 0.190. The van der Waals surface area contributed by atoms with Crippen LogP contribution in [-0.4, -0.2) is 39.0 Å². The van der Waals surface area contributed by atoms with Crippen molar-refractivity contribution < 1.29 is 14.3 Å². The van der Waals surface area contributed by atoms with Crippen molar-refractivity contribution in [2.45, 2.75) is 57.7 Å². The molecule has 2 aromatic rings. The van der Waals surface area contributed by atoms with Crippen molar-refractivity contribution >= 4 is 45.9 Å². The first-order valence-electron chi connectivity index (χ1n) is 9.43. The molecule has 0 saturated carbocycles. The van der Waals surface area contributed by atoms with E-state index in [0.29, 0.717) is 22.3 Å². The van der Waals surface area contributed by atoms with E-state index in [1.54, 1.807) is 18.4 Å². The zero-order valence-electron chi connectivity index (χ0n) is 16.3. The lowest BCUT2D eigenvalue weighted by molar-refractivity contribution is -0.118. The average molecular weight is 424 g/mol. The molecule has 8 nitrogen and oxygen atoms in total. The van der Waals surface area contributed by atoms with Crippen LogP contribution in [0.3, 0.4) is 0 Å². The van der Waals surface area contributed by atoms with E-state index >= 15 is 0 Å². The molecule has 0 spiro atoms. The summed E-state index contributed by atoms with van der Waals surface area (Å²) in [5.41, 5.74) is 7.44. The van der Waals surface area contributed by atoms with Crippen LogP contribution in [0.15, 0.2) is 5.16 Å². The lowest BCUT2D eigenvalue weighted by atomic mass is 9.95. The molecule has 1 atom stereocenters. The van der Waals surface area contributed by atoms with E-state index in [9.17, 15) is 9.59 Å². The second kappa shape index (κ2) is 8.95. The van der Waals surface area contributed by atoms with Crippen LogP contribution in [0.25, 0.3) is 0 Å². The van der Waals surface area contributed by atoms with Crippen LogP contribution in [0.2, 0.25) is 0 Å². The van der Waals surface area contributed by atoms with Gasteiger partial charge in [-0.3, -0.25) is 9.36 Å². The maximum absolute atomic E-state index is 13.0. The zero-order valence-corrected chi connectivity index (χ0v) is 17.9. The van der Waals surface area contributed by atoms with E-state index < -0.39 is 6.04 Å². The fourth-order valence-corrected chi connectivity index (χ4v) is 5.31. The lowest BCUT2D eigenvalue weighted by Gasteiger charge is -2.16. The Bertz CT molecular complexity index is 877. The van der Waals surface area contributed by atoms with Crippen LogP contribution in [0, 0.1) is 0 Å². The summed E-state index contributed by atoms with van der Waals surface area (Å²) in [7, 11) is 0. The number of nitrogens with two attached hydrogens (primary N) is 1. The molecule has 0 saturated heterocycles. The number of hydrogen-bond donors (Lipinski definition) is 2. The highest BCUT2D eigenvalue weighted by Gasteiger charge is 2.29. The van der Waals surface area contributed by atoms with Crippen LogP contribution in [0.5, 0.6) is 0 Å². The Labute approximate surface area is 172 Å². The fraction of sp³-hybridized carbons (Fsp3) is 0.556. The Hall–Kier alpha value is -2.07. The molecule has 28 heavy (non-hydrogen) atoms. The van der Waals surface area contributed by atoms with Crippen molar-refractivity contribution in [2.24, 2.45) is 0 Å². The molecule has 3 N–H and O–H groups in total. The van der Waals surface area contributed by atoms with Crippen molar-refractivity contribution in [3.8, 4) is 0 Å². The number of aryl methyl sites for hydroxylation is 1. The van der Waals surface area contributed by atoms with E-state index in [4.69, 9.17) is 10.5 Å². The molecule has 0 aromatic carbocycles. The number of carbonyl (C=O) groups excluding carboxylic acids is 2. The van der Waals surface area contributed by atoms with Crippen LogP contribution >= 0.6 is 23.1 Å². The first-order chi connectivity index (χ1) is 13.5. The molecule has 3 rings (SSSR count). The van der Waals surface area contributed by atoms with Gasteiger partial charge in [0.15, 0.2) is 5.16 Å². The van der Waals surface area contributed by atoms with Gasteiger partial charge in [-0.05, 0) is 50.8 Å². The molecule has 0 fully saturated rings. The standard InChI is InChI=1S/C18H25N5O3S2/c1-4-26-16(25)13-11-8-6-7-9-12(11)28-15(13)20-14(24)10(3)23-17(19)21-22-18(23)27-5-2/h10H,4-9H2,1-3H3,(H2,19,21)(H,20,24). The van der Waals surface area contributed by atoms with Crippen molar-refractivity contribution in [3.05, 3.63) is 16.0 Å². The number of carbonyl (C=O) groups is 2. The Kier molecular flexibility index (Phi) is 6.61. The normalized spacial score (nSPS) is 14.4. The number of rotatable bonds is 7. The topological polar surface area (TPSA) is 112 Å². The summed E-state index contributed by atoms with van der Waals surface area (Å²) in [6.45, 7) is 5.81. The Balaban J connectivity index is 1.89. The Morgan fingerprint density at radius 1 is 1.32 bits per heavy atom. The molecule has 10 heteroatoms. The van der Waals surface area contributed by atoms with Gasteiger partial charge in [0.25, 0.3) is 0 Å². The van der Waals surface area contributed by atoms with Gasteiger partial charge in [-0.25, -0.2) is 4.79 Å². The minimum Gasteiger partial charge on any atom is -0.462 e. The van der Waals surface area contributed by atoms with Gasteiger partial charge < -0.3 is 15.8 Å². The van der Waals surface area contributed by atoms with Crippen molar-refractivity contribution in [2.75, 3.05) is 23.4 Å². The number of anilines is 2. The number of amides is 1. The average Bonchev–Trinajstić information content (AvgIpc) is 3.21. The lowest BCUT2D eigenvalue weighted by Crippen LogP contribution is -2.26. The largest absolute Gasteiger partial charge is 0.462 e. The third kappa shape index (κ3) is 4.02.